The highest BCUT2D eigenvalue weighted by molar-refractivity contribution is 6.08. The summed E-state index contributed by atoms with van der Waals surface area (Å²) in [6.45, 7) is 3.79. The quantitative estimate of drug-likeness (QED) is 0.605. The van der Waals surface area contributed by atoms with Gasteiger partial charge in [-0.1, -0.05) is 36.4 Å². The summed E-state index contributed by atoms with van der Waals surface area (Å²) < 4.78 is 0. The molecule has 0 aromatic heterocycles. The highest BCUT2D eigenvalue weighted by atomic mass is 16.2. The molecule has 3 nitrogen and oxygen atoms in total. The van der Waals surface area contributed by atoms with Crippen molar-refractivity contribution >= 4 is 11.6 Å². The highest BCUT2D eigenvalue weighted by Gasteiger charge is 2.20. The maximum Gasteiger partial charge on any atom is 0.271 e. The minimum absolute atomic E-state index is 0.305. The van der Waals surface area contributed by atoms with E-state index in [0.29, 0.717) is 11.3 Å². The second kappa shape index (κ2) is 5.36. The van der Waals surface area contributed by atoms with Gasteiger partial charge in [0.15, 0.2) is 6.19 Å². The Balaban J connectivity index is 2.47. The van der Waals surface area contributed by atoms with Crippen molar-refractivity contribution < 1.29 is 4.79 Å². The van der Waals surface area contributed by atoms with Gasteiger partial charge in [0.2, 0.25) is 0 Å². The molecule has 0 bridgehead atoms. The van der Waals surface area contributed by atoms with Gasteiger partial charge in [-0.05, 0) is 37.1 Å². The lowest BCUT2D eigenvalue weighted by molar-refractivity contribution is 0.0999. The van der Waals surface area contributed by atoms with Crippen molar-refractivity contribution in [3.8, 4) is 6.19 Å². The number of anilines is 1. The number of carbonyl (C=O) groups excluding carboxylic acids is 1. The van der Waals surface area contributed by atoms with Crippen LogP contribution in [0.2, 0.25) is 0 Å². The standard InChI is InChI=1S/C16H14N2O/c1-12-7-6-8-13(2)15(12)18(11-17)16(19)14-9-4-3-5-10-14/h3-10H,1-2H3. The van der Waals surface area contributed by atoms with E-state index < -0.39 is 0 Å². The van der Waals surface area contributed by atoms with E-state index >= 15 is 0 Å². The summed E-state index contributed by atoms with van der Waals surface area (Å²) in [5.41, 5.74) is 2.99. The molecule has 0 atom stereocenters. The first-order chi connectivity index (χ1) is 9.15. The Hall–Kier alpha value is -2.60. The second-order valence-corrected chi connectivity index (χ2v) is 4.35. The number of aryl methyl sites for hydroxylation is 2. The Kier molecular flexibility index (Phi) is 3.63. The van der Waals surface area contributed by atoms with Crippen LogP contribution in [0.15, 0.2) is 48.5 Å². The van der Waals surface area contributed by atoms with Gasteiger partial charge in [0.25, 0.3) is 5.91 Å². The Morgan fingerprint density at radius 3 is 2.11 bits per heavy atom. The molecule has 0 aliphatic rings. The van der Waals surface area contributed by atoms with E-state index in [-0.39, 0.29) is 5.91 Å². The van der Waals surface area contributed by atoms with Gasteiger partial charge in [-0.2, -0.15) is 5.26 Å². The zero-order valence-corrected chi connectivity index (χ0v) is 10.9. The number of rotatable bonds is 2. The first-order valence-electron chi connectivity index (χ1n) is 6.00. The van der Waals surface area contributed by atoms with Gasteiger partial charge < -0.3 is 0 Å². The van der Waals surface area contributed by atoms with E-state index in [9.17, 15) is 10.1 Å². The number of nitrogens with zero attached hydrogens (tertiary/aromatic N) is 2. The van der Waals surface area contributed by atoms with Crippen LogP contribution in [0.5, 0.6) is 0 Å². The lowest BCUT2D eigenvalue weighted by atomic mass is 10.1. The fourth-order valence-corrected chi connectivity index (χ4v) is 2.07. The highest BCUT2D eigenvalue weighted by Crippen LogP contribution is 2.25. The van der Waals surface area contributed by atoms with Crippen LogP contribution in [-0.2, 0) is 0 Å². The van der Waals surface area contributed by atoms with Crippen LogP contribution in [-0.4, -0.2) is 5.91 Å². The fourth-order valence-electron chi connectivity index (χ4n) is 2.07. The van der Waals surface area contributed by atoms with Crippen LogP contribution < -0.4 is 4.90 Å². The van der Waals surface area contributed by atoms with Crippen molar-refractivity contribution in [3.63, 3.8) is 0 Å². The summed E-state index contributed by atoms with van der Waals surface area (Å²) >= 11 is 0. The van der Waals surface area contributed by atoms with Gasteiger partial charge in [0.1, 0.15) is 0 Å². The van der Waals surface area contributed by atoms with Crippen molar-refractivity contribution in [1.82, 2.24) is 0 Å². The van der Waals surface area contributed by atoms with Crippen molar-refractivity contribution in [2.24, 2.45) is 0 Å². The molecule has 1 amide bonds. The van der Waals surface area contributed by atoms with Crippen LogP contribution >= 0.6 is 0 Å². The lowest BCUT2D eigenvalue weighted by Crippen LogP contribution is -2.27. The summed E-state index contributed by atoms with van der Waals surface area (Å²) in [4.78, 5) is 13.5. The molecule has 0 aliphatic heterocycles. The summed E-state index contributed by atoms with van der Waals surface area (Å²) in [6.07, 6.45) is 1.98. The molecule has 2 aromatic rings. The van der Waals surface area contributed by atoms with E-state index in [0.717, 1.165) is 16.0 Å². The summed E-state index contributed by atoms with van der Waals surface area (Å²) in [6, 6.07) is 14.5. The third kappa shape index (κ3) is 2.48. The Morgan fingerprint density at radius 2 is 1.58 bits per heavy atom. The SMILES string of the molecule is Cc1cccc(C)c1N(C#N)C(=O)c1ccccc1. The molecular formula is C16H14N2O. The first-order valence-corrected chi connectivity index (χ1v) is 6.00. The van der Waals surface area contributed by atoms with Gasteiger partial charge in [-0.15, -0.1) is 0 Å². The van der Waals surface area contributed by atoms with Crippen molar-refractivity contribution in [2.75, 3.05) is 4.90 Å². The van der Waals surface area contributed by atoms with Crippen LogP contribution in [0.3, 0.4) is 0 Å². The minimum Gasteiger partial charge on any atom is -0.268 e. The largest absolute Gasteiger partial charge is 0.271 e. The monoisotopic (exact) mass is 250 g/mol. The van der Waals surface area contributed by atoms with Crippen molar-refractivity contribution in [3.05, 3.63) is 65.2 Å². The van der Waals surface area contributed by atoms with E-state index in [4.69, 9.17) is 0 Å². The molecule has 0 saturated carbocycles. The molecule has 0 heterocycles. The minimum atomic E-state index is -0.305. The van der Waals surface area contributed by atoms with Crippen molar-refractivity contribution in [1.29, 1.82) is 5.26 Å². The molecule has 0 aliphatic carbocycles. The summed E-state index contributed by atoms with van der Waals surface area (Å²) in [5.74, 6) is -0.305. The van der Waals surface area contributed by atoms with E-state index in [1.807, 2.05) is 44.3 Å². The molecule has 0 spiro atoms. The molecule has 2 aromatic carbocycles. The topological polar surface area (TPSA) is 44.1 Å². The molecule has 94 valence electrons. The molecule has 0 fully saturated rings. The zero-order chi connectivity index (χ0) is 13.8. The number of hydrogen-bond acceptors (Lipinski definition) is 2. The number of carbonyl (C=O) groups is 1. The van der Waals surface area contributed by atoms with E-state index in [1.165, 1.54) is 0 Å². The van der Waals surface area contributed by atoms with Crippen LogP contribution in [0.1, 0.15) is 21.5 Å². The number of nitriles is 1. The molecule has 0 N–H and O–H groups in total. The number of para-hydroxylation sites is 1. The molecule has 0 saturated heterocycles. The van der Waals surface area contributed by atoms with Crippen LogP contribution in [0.4, 0.5) is 5.69 Å². The van der Waals surface area contributed by atoms with Gasteiger partial charge in [0, 0.05) is 5.56 Å². The summed E-state index contributed by atoms with van der Waals surface area (Å²) in [7, 11) is 0. The third-order valence-electron chi connectivity index (χ3n) is 2.99. The average molecular weight is 250 g/mol. The number of benzene rings is 2. The van der Waals surface area contributed by atoms with Crippen LogP contribution in [0.25, 0.3) is 0 Å². The van der Waals surface area contributed by atoms with Crippen LogP contribution in [0, 0.1) is 25.3 Å². The van der Waals surface area contributed by atoms with E-state index in [1.54, 1.807) is 24.3 Å². The van der Waals surface area contributed by atoms with E-state index in [2.05, 4.69) is 0 Å². The van der Waals surface area contributed by atoms with Crippen molar-refractivity contribution in [2.45, 2.75) is 13.8 Å². The smallest absolute Gasteiger partial charge is 0.268 e. The fraction of sp³-hybridized carbons (Fsp3) is 0.125. The van der Waals surface area contributed by atoms with Gasteiger partial charge >= 0.3 is 0 Å². The predicted octanol–water partition coefficient (Wildman–Crippen LogP) is 3.43. The Bertz CT molecular complexity index is 621. The Labute approximate surface area is 112 Å². The second-order valence-electron chi connectivity index (χ2n) is 4.35. The lowest BCUT2D eigenvalue weighted by Gasteiger charge is -2.18. The summed E-state index contributed by atoms with van der Waals surface area (Å²) in [5, 5.41) is 9.32. The third-order valence-corrected chi connectivity index (χ3v) is 2.99. The normalized spacial score (nSPS) is 9.74. The zero-order valence-electron chi connectivity index (χ0n) is 10.9. The Morgan fingerprint density at radius 1 is 1.00 bits per heavy atom. The predicted molar refractivity (Wildman–Crippen MR) is 74.8 cm³/mol. The molecule has 0 radical (unpaired) electrons. The molecule has 3 heteroatoms. The van der Waals surface area contributed by atoms with Gasteiger partial charge in [-0.3, -0.25) is 4.79 Å². The maximum absolute atomic E-state index is 12.4. The number of hydrogen-bond donors (Lipinski definition) is 0. The van der Waals surface area contributed by atoms with Gasteiger partial charge in [0.05, 0.1) is 5.69 Å². The maximum atomic E-state index is 12.4. The van der Waals surface area contributed by atoms with Gasteiger partial charge in [-0.25, -0.2) is 4.90 Å². The molecule has 0 unspecified atom stereocenters. The average Bonchev–Trinajstić information content (AvgIpc) is 2.43. The molecule has 19 heavy (non-hydrogen) atoms. The molecular weight excluding hydrogens is 236 g/mol. The first kappa shape index (κ1) is 12.8. The number of amides is 1. The molecule has 2 rings (SSSR count).